The lowest BCUT2D eigenvalue weighted by Crippen LogP contribution is -2.31. The first-order chi connectivity index (χ1) is 12.3. The predicted octanol–water partition coefficient (Wildman–Crippen LogP) is 3.80. The number of amides is 1. The van der Waals surface area contributed by atoms with Gasteiger partial charge in [0.25, 0.3) is 0 Å². The number of nitrogens with one attached hydrogen (secondary N) is 1. The summed E-state index contributed by atoms with van der Waals surface area (Å²) in [6.07, 6.45) is 10.7. The van der Waals surface area contributed by atoms with E-state index in [0.717, 1.165) is 55.4 Å². The van der Waals surface area contributed by atoms with Gasteiger partial charge in [-0.25, -0.2) is 0 Å². The molecule has 6 nitrogen and oxygen atoms in total. The Morgan fingerprint density at radius 1 is 1.12 bits per heavy atom. The van der Waals surface area contributed by atoms with Gasteiger partial charge in [0.05, 0.1) is 11.5 Å². The van der Waals surface area contributed by atoms with Gasteiger partial charge in [-0.3, -0.25) is 9.36 Å². The molecule has 1 aliphatic carbocycles. The van der Waals surface area contributed by atoms with Crippen molar-refractivity contribution in [1.82, 2.24) is 20.1 Å². The van der Waals surface area contributed by atoms with E-state index in [9.17, 15) is 4.79 Å². The lowest BCUT2D eigenvalue weighted by Gasteiger charge is -2.25. The molecule has 2 aromatic heterocycles. The fraction of sp³-hybridized carbons (Fsp3) is 0.611. The summed E-state index contributed by atoms with van der Waals surface area (Å²) in [7, 11) is 0. The first kappa shape index (κ1) is 16.7. The van der Waals surface area contributed by atoms with Gasteiger partial charge >= 0.3 is 0 Å². The van der Waals surface area contributed by atoms with Crippen LogP contribution in [0.25, 0.3) is 11.6 Å². The van der Waals surface area contributed by atoms with E-state index in [1.54, 1.807) is 18.0 Å². The highest BCUT2D eigenvalue weighted by Gasteiger charge is 2.29. The number of hydrogen-bond acceptors (Lipinski definition) is 5. The quantitative estimate of drug-likeness (QED) is 0.898. The van der Waals surface area contributed by atoms with Crippen LogP contribution < -0.4 is 5.32 Å². The molecule has 134 valence electrons. The van der Waals surface area contributed by atoms with Crippen LogP contribution in [0.3, 0.4) is 0 Å². The van der Waals surface area contributed by atoms with Crippen LogP contribution in [0.1, 0.15) is 57.4 Å². The van der Waals surface area contributed by atoms with Crippen molar-refractivity contribution in [3.63, 3.8) is 0 Å². The van der Waals surface area contributed by atoms with E-state index in [4.69, 9.17) is 4.42 Å². The molecule has 1 saturated carbocycles. The van der Waals surface area contributed by atoms with Crippen LogP contribution in [0.5, 0.6) is 0 Å². The smallest absolute Gasteiger partial charge is 0.233 e. The Bertz CT molecular complexity index is 707. The molecule has 7 heteroatoms. The van der Waals surface area contributed by atoms with Crippen LogP contribution in [-0.2, 0) is 4.79 Å². The number of nitrogens with zero attached hydrogens (tertiary/aromatic N) is 3. The highest BCUT2D eigenvalue weighted by molar-refractivity contribution is 8.00. The molecule has 1 aliphatic heterocycles. The van der Waals surface area contributed by atoms with Crippen molar-refractivity contribution in [2.75, 3.05) is 6.54 Å². The number of thioether (sulfide) groups is 1. The van der Waals surface area contributed by atoms with Crippen molar-refractivity contribution < 1.29 is 9.21 Å². The number of carbonyl (C=O) groups is 1. The van der Waals surface area contributed by atoms with Gasteiger partial charge < -0.3 is 9.73 Å². The zero-order valence-electron chi connectivity index (χ0n) is 14.3. The van der Waals surface area contributed by atoms with Crippen LogP contribution in [0.2, 0.25) is 0 Å². The van der Waals surface area contributed by atoms with Gasteiger partial charge in [0.2, 0.25) is 11.7 Å². The van der Waals surface area contributed by atoms with Crippen LogP contribution in [0.15, 0.2) is 28.0 Å². The molecule has 4 rings (SSSR count). The fourth-order valence-electron chi connectivity index (χ4n) is 3.75. The highest BCUT2D eigenvalue weighted by Crippen LogP contribution is 2.37. The molecule has 3 heterocycles. The number of carbonyl (C=O) groups excluding carboxylic acids is 1. The number of hydrogen-bond donors (Lipinski definition) is 1. The monoisotopic (exact) mass is 360 g/mol. The normalized spacial score (nSPS) is 22.6. The van der Waals surface area contributed by atoms with Crippen molar-refractivity contribution in [2.24, 2.45) is 0 Å². The van der Waals surface area contributed by atoms with Crippen LogP contribution >= 0.6 is 11.8 Å². The van der Waals surface area contributed by atoms with E-state index in [1.165, 1.54) is 19.3 Å². The van der Waals surface area contributed by atoms with Gasteiger partial charge in [0.1, 0.15) is 0 Å². The molecule has 1 amide bonds. The molecule has 0 bridgehead atoms. The van der Waals surface area contributed by atoms with E-state index in [2.05, 4.69) is 20.1 Å². The number of aromatic nitrogens is 3. The molecule has 1 unspecified atom stereocenters. The average molecular weight is 360 g/mol. The summed E-state index contributed by atoms with van der Waals surface area (Å²) >= 11 is 1.56. The Labute approximate surface area is 151 Å². The summed E-state index contributed by atoms with van der Waals surface area (Å²) in [5, 5.41) is 12.6. The summed E-state index contributed by atoms with van der Waals surface area (Å²) in [5.74, 6) is 1.66. The summed E-state index contributed by atoms with van der Waals surface area (Å²) in [5.41, 5.74) is 0. The minimum Gasteiger partial charge on any atom is -0.461 e. The van der Waals surface area contributed by atoms with Gasteiger partial charge in [-0.05, 0) is 37.8 Å². The second-order valence-corrected chi connectivity index (χ2v) is 8.01. The van der Waals surface area contributed by atoms with Crippen LogP contribution in [0.4, 0.5) is 0 Å². The lowest BCUT2D eigenvalue weighted by molar-refractivity contribution is -0.120. The van der Waals surface area contributed by atoms with E-state index >= 15 is 0 Å². The van der Waals surface area contributed by atoms with Crippen molar-refractivity contribution in [3.8, 4) is 11.6 Å². The Balaban J connectivity index is 1.65. The maximum atomic E-state index is 12.3. The maximum absolute atomic E-state index is 12.3. The fourth-order valence-corrected chi connectivity index (χ4v) is 4.92. The Morgan fingerprint density at radius 2 is 1.96 bits per heavy atom. The number of rotatable bonds is 4. The van der Waals surface area contributed by atoms with E-state index in [0.29, 0.717) is 6.04 Å². The molecular formula is C18H24N4O2S. The molecule has 0 spiro atoms. The molecule has 0 radical (unpaired) electrons. The molecule has 1 N–H and O–H groups in total. The average Bonchev–Trinajstić information content (AvgIpc) is 3.26. The van der Waals surface area contributed by atoms with Gasteiger partial charge in [-0.1, -0.05) is 37.4 Å². The largest absolute Gasteiger partial charge is 0.461 e. The Hall–Kier alpha value is -1.76. The summed E-state index contributed by atoms with van der Waals surface area (Å²) in [6.45, 7) is 0.781. The minimum absolute atomic E-state index is 0.0847. The van der Waals surface area contributed by atoms with E-state index < -0.39 is 0 Å². The maximum Gasteiger partial charge on any atom is 0.233 e. The van der Waals surface area contributed by atoms with Crippen molar-refractivity contribution in [3.05, 3.63) is 18.4 Å². The van der Waals surface area contributed by atoms with Gasteiger partial charge in [-0.15, -0.1) is 10.2 Å². The topological polar surface area (TPSA) is 73.0 Å². The molecule has 0 aromatic carbocycles. The van der Waals surface area contributed by atoms with Gasteiger partial charge in [-0.2, -0.15) is 0 Å². The highest BCUT2D eigenvalue weighted by atomic mass is 32.2. The second-order valence-electron chi connectivity index (χ2n) is 6.84. The third-order valence-corrected chi connectivity index (χ3v) is 6.30. The van der Waals surface area contributed by atoms with Gasteiger partial charge in [0, 0.05) is 12.6 Å². The number of furan rings is 1. The molecule has 1 saturated heterocycles. The summed E-state index contributed by atoms with van der Waals surface area (Å²) in [4.78, 5) is 12.3. The first-order valence-electron chi connectivity index (χ1n) is 9.26. The Kier molecular flexibility index (Phi) is 5.10. The van der Waals surface area contributed by atoms with Crippen molar-refractivity contribution in [2.45, 2.75) is 67.8 Å². The van der Waals surface area contributed by atoms with Crippen LogP contribution in [0, 0.1) is 0 Å². The standard InChI is InChI=1S/C18H24N4O2S/c23-17-15(10-4-5-11-19-17)25-18-21-20-16(14-9-6-12-24-14)22(18)13-7-2-1-3-8-13/h6,9,12-13,15H,1-5,7-8,10-11H2,(H,19,23). The van der Waals surface area contributed by atoms with Gasteiger partial charge in [0.15, 0.2) is 10.9 Å². The van der Waals surface area contributed by atoms with Crippen molar-refractivity contribution >= 4 is 17.7 Å². The third kappa shape index (κ3) is 3.61. The lowest BCUT2D eigenvalue weighted by atomic mass is 9.95. The Morgan fingerprint density at radius 3 is 2.76 bits per heavy atom. The zero-order valence-corrected chi connectivity index (χ0v) is 15.1. The van der Waals surface area contributed by atoms with E-state index in [-0.39, 0.29) is 11.2 Å². The second kappa shape index (κ2) is 7.64. The summed E-state index contributed by atoms with van der Waals surface area (Å²) in [6, 6.07) is 4.19. The molecular weight excluding hydrogens is 336 g/mol. The molecule has 2 fully saturated rings. The zero-order chi connectivity index (χ0) is 17.1. The minimum atomic E-state index is -0.0847. The summed E-state index contributed by atoms with van der Waals surface area (Å²) < 4.78 is 7.81. The molecule has 2 aromatic rings. The molecule has 2 aliphatic rings. The van der Waals surface area contributed by atoms with Crippen molar-refractivity contribution in [1.29, 1.82) is 0 Å². The third-order valence-electron chi connectivity index (χ3n) is 5.08. The SMILES string of the molecule is O=C1NCCCCC1Sc1nnc(-c2ccco2)n1C1CCCCC1. The molecule has 1 atom stereocenters. The molecule has 25 heavy (non-hydrogen) atoms. The predicted molar refractivity (Wildman–Crippen MR) is 96.4 cm³/mol. The van der Waals surface area contributed by atoms with E-state index in [1.807, 2.05) is 12.1 Å². The van der Waals surface area contributed by atoms with Crippen LogP contribution in [-0.4, -0.2) is 32.5 Å². The first-order valence-corrected chi connectivity index (χ1v) is 10.1.